The Morgan fingerprint density at radius 2 is 1.75 bits per heavy atom. The van der Waals surface area contributed by atoms with Gasteiger partial charge in [0.15, 0.2) is 5.79 Å². The molecule has 0 radical (unpaired) electrons. The van der Waals surface area contributed by atoms with E-state index in [-0.39, 0.29) is 5.69 Å². The number of hydrogen-bond acceptors (Lipinski definition) is 3. The summed E-state index contributed by atoms with van der Waals surface area (Å²) < 4.78 is 50.3. The number of nitrogens with zero attached hydrogens (tertiary/aromatic N) is 1. The van der Waals surface area contributed by atoms with Crippen LogP contribution in [0.3, 0.4) is 0 Å². The first-order valence-corrected chi connectivity index (χ1v) is 7.90. The van der Waals surface area contributed by atoms with Gasteiger partial charge >= 0.3 is 12.2 Å². The Hall–Kier alpha value is -1.80. The number of nitrogens with one attached hydrogen (secondary N) is 1. The molecule has 2 aliphatic rings. The van der Waals surface area contributed by atoms with Gasteiger partial charge in [-0.05, 0) is 18.6 Å². The molecular weight excluding hydrogens is 325 g/mol. The lowest BCUT2D eigenvalue weighted by atomic mass is 10.0. The molecule has 2 fully saturated rings. The Balaban J connectivity index is 1.63. The summed E-state index contributed by atoms with van der Waals surface area (Å²) in [5, 5.41) is 2.36. The van der Waals surface area contributed by atoms with Gasteiger partial charge < -0.3 is 19.7 Å². The fourth-order valence-corrected chi connectivity index (χ4v) is 2.99. The normalized spacial score (nSPS) is 20.9. The maximum Gasteiger partial charge on any atom is 0.418 e. The van der Waals surface area contributed by atoms with Gasteiger partial charge in [0.2, 0.25) is 0 Å². The number of benzene rings is 1. The summed E-state index contributed by atoms with van der Waals surface area (Å²) in [7, 11) is 0. The van der Waals surface area contributed by atoms with Gasteiger partial charge in [-0.3, -0.25) is 0 Å². The summed E-state index contributed by atoms with van der Waals surface area (Å²) in [6, 6.07) is 4.40. The molecule has 0 unspecified atom stereocenters. The van der Waals surface area contributed by atoms with Crippen LogP contribution in [0.5, 0.6) is 0 Å². The van der Waals surface area contributed by atoms with Crippen LogP contribution in [-0.2, 0) is 15.7 Å². The van der Waals surface area contributed by atoms with E-state index >= 15 is 0 Å². The van der Waals surface area contributed by atoms with E-state index in [1.807, 2.05) is 0 Å². The zero-order valence-corrected chi connectivity index (χ0v) is 13.1. The fourth-order valence-electron chi connectivity index (χ4n) is 2.99. The second-order valence-electron chi connectivity index (χ2n) is 5.92. The number of para-hydroxylation sites is 1. The molecule has 1 aromatic rings. The molecule has 1 spiro atoms. The van der Waals surface area contributed by atoms with Crippen LogP contribution in [0.15, 0.2) is 24.3 Å². The topological polar surface area (TPSA) is 50.8 Å². The third-order valence-electron chi connectivity index (χ3n) is 4.31. The van der Waals surface area contributed by atoms with Crippen molar-refractivity contribution >= 4 is 11.7 Å². The van der Waals surface area contributed by atoms with Crippen molar-refractivity contribution in [2.75, 3.05) is 31.6 Å². The number of likely N-dealkylation sites (tertiary alicyclic amines) is 1. The molecule has 2 saturated heterocycles. The molecule has 3 rings (SSSR count). The molecule has 132 valence electrons. The highest BCUT2D eigenvalue weighted by atomic mass is 19.4. The molecular formula is C16H19F3N2O3. The lowest BCUT2D eigenvalue weighted by Gasteiger charge is -2.43. The van der Waals surface area contributed by atoms with Crippen molar-refractivity contribution in [1.29, 1.82) is 0 Å². The van der Waals surface area contributed by atoms with Crippen LogP contribution in [0.25, 0.3) is 0 Å². The van der Waals surface area contributed by atoms with Crippen molar-refractivity contribution in [2.24, 2.45) is 0 Å². The molecule has 8 heteroatoms. The molecule has 0 saturated carbocycles. The number of anilines is 1. The van der Waals surface area contributed by atoms with Crippen LogP contribution in [-0.4, -0.2) is 43.0 Å². The SMILES string of the molecule is O=C(Nc1ccccc1C(F)(F)F)N1CCC2(CC1)OCCCO2. The molecule has 1 aromatic carbocycles. The Labute approximate surface area is 137 Å². The van der Waals surface area contributed by atoms with E-state index < -0.39 is 23.6 Å². The molecule has 2 heterocycles. The second kappa shape index (κ2) is 6.60. The van der Waals surface area contributed by atoms with Gasteiger partial charge in [0.25, 0.3) is 0 Å². The number of piperidine rings is 1. The molecule has 0 aromatic heterocycles. The molecule has 0 aliphatic carbocycles. The van der Waals surface area contributed by atoms with Crippen molar-refractivity contribution in [2.45, 2.75) is 31.2 Å². The number of ether oxygens (including phenoxy) is 2. The van der Waals surface area contributed by atoms with Gasteiger partial charge in [-0.2, -0.15) is 13.2 Å². The van der Waals surface area contributed by atoms with Crippen molar-refractivity contribution in [1.82, 2.24) is 4.90 Å². The minimum absolute atomic E-state index is 0.236. The predicted molar refractivity (Wildman–Crippen MR) is 80.5 cm³/mol. The number of rotatable bonds is 1. The van der Waals surface area contributed by atoms with Gasteiger partial charge in [-0.25, -0.2) is 4.79 Å². The summed E-state index contributed by atoms with van der Waals surface area (Å²) in [4.78, 5) is 13.8. The van der Waals surface area contributed by atoms with Crippen LogP contribution in [0.2, 0.25) is 0 Å². The van der Waals surface area contributed by atoms with Crippen LogP contribution in [0.4, 0.5) is 23.7 Å². The molecule has 0 atom stereocenters. The quantitative estimate of drug-likeness (QED) is 0.849. The first kappa shape index (κ1) is 17.0. The highest BCUT2D eigenvalue weighted by Crippen LogP contribution is 2.35. The Kier molecular flexibility index (Phi) is 4.69. The van der Waals surface area contributed by atoms with E-state index in [1.165, 1.54) is 23.1 Å². The van der Waals surface area contributed by atoms with Crippen LogP contribution in [0.1, 0.15) is 24.8 Å². The molecule has 0 bridgehead atoms. The smallest absolute Gasteiger partial charge is 0.350 e. The Morgan fingerprint density at radius 3 is 2.38 bits per heavy atom. The minimum Gasteiger partial charge on any atom is -0.350 e. The largest absolute Gasteiger partial charge is 0.418 e. The minimum atomic E-state index is -4.51. The van der Waals surface area contributed by atoms with E-state index in [0.29, 0.717) is 39.1 Å². The number of urea groups is 1. The summed E-state index contributed by atoms with van der Waals surface area (Å²) in [6.07, 6.45) is -2.64. The maximum absolute atomic E-state index is 13.0. The lowest BCUT2D eigenvalue weighted by molar-refractivity contribution is -0.281. The first-order valence-electron chi connectivity index (χ1n) is 7.90. The fraction of sp³-hybridized carbons (Fsp3) is 0.562. The van der Waals surface area contributed by atoms with Crippen LogP contribution in [0, 0.1) is 0 Å². The Morgan fingerprint density at radius 1 is 1.12 bits per heavy atom. The van der Waals surface area contributed by atoms with Crippen LogP contribution >= 0.6 is 0 Å². The van der Waals surface area contributed by atoms with E-state index in [1.54, 1.807) is 0 Å². The predicted octanol–water partition coefficient (Wildman–Crippen LogP) is 3.47. The first-order chi connectivity index (χ1) is 11.4. The average molecular weight is 344 g/mol. The summed E-state index contributed by atoms with van der Waals surface area (Å²) in [6.45, 7) is 2.01. The third-order valence-corrected chi connectivity index (χ3v) is 4.31. The summed E-state index contributed by atoms with van der Waals surface area (Å²) >= 11 is 0. The van der Waals surface area contributed by atoms with Gasteiger partial charge in [0.1, 0.15) is 0 Å². The number of amides is 2. The number of hydrogen-bond donors (Lipinski definition) is 1. The monoisotopic (exact) mass is 344 g/mol. The van der Waals surface area contributed by atoms with Crippen molar-refractivity contribution in [3.05, 3.63) is 29.8 Å². The summed E-state index contributed by atoms with van der Waals surface area (Å²) in [5.41, 5.74) is -1.09. The van der Waals surface area contributed by atoms with Crippen molar-refractivity contribution < 1.29 is 27.4 Å². The standard InChI is InChI=1S/C16H19F3N2O3/c17-16(18,19)12-4-1-2-5-13(12)20-14(22)21-8-6-15(7-9-21)23-10-3-11-24-15/h1-2,4-5H,3,6-11H2,(H,20,22). The number of halogens is 3. The van der Waals surface area contributed by atoms with Gasteiger partial charge in [0, 0.05) is 25.9 Å². The second-order valence-corrected chi connectivity index (χ2v) is 5.92. The van der Waals surface area contributed by atoms with E-state index in [4.69, 9.17) is 9.47 Å². The molecule has 5 nitrogen and oxygen atoms in total. The zero-order chi connectivity index (χ0) is 17.2. The van der Waals surface area contributed by atoms with Crippen LogP contribution < -0.4 is 5.32 Å². The maximum atomic E-state index is 13.0. The van der Waals surface area contributed by atoms with Gasteiger partial charge in [0.05, 0.1) is 24.5 Å². The van der Waals surface area contributed by atoms with E-state index in [2.05, 4.69) is 5.32 Å². The lowest BCUT2D eigenvalue weighted by Crippen LogP contribution is -2.52. The van der Waals surface area contributed by atoms with E-state index in [0.717, 1.165) is 12.5 Å². The molecule has 1 N–H and O–H groups in total. The number of carbonyl (C=O) groups excluding carboxylic acids is 1. The number of carbonyl (C=O) groups is 1. The third kappa shape index (κ3) is 3.64. The van der Waals surface area contributed by atoms with Gasteiger partial charge in [-0.15, -0.1) is 0 Å². The molecule has 2 aliphatic heterocycles. The van der Waals surface area contributed by atoms with Crippen molar-refractivity contribution in [3.63, 3.8) is 0 Å². The highest BCUT2D eigenvalue weighted by Gasteiger charge is 2.40. The van der Waals surface area contributed by atoms with Gasteiger partial charge in [-0.1, -0.05) is 12.1 Å². The van der Waals surface area contributed by atoms with Crippen molar-refractivity contribution in [3.8, 4) is 0 Å². The Bertz CT molecular complexity index is 590. The molecule has 2 amide bonds. The summed E-state index contributed by atoms with van der Waals surface area (Å²) in [5.74, 6) is -0.640. The van der Waals surface area contributed by atoms with E-state index in [9.17, 15) is 18.0 Å². The highest BCUT2D eigenvalue weighted by molar-refractivity contribution is 5.90. The number of alkyl halides is 3. The zero-order valence-electron chi connectivity index (χ0n) is 13.1. The average Bonchev–Trinajstić information content (AvgIpc) is 2.56. The molecule has 24 heavy (non-hydrogen) atoms.